The number of rotatable bonds is 19. The number of aliphatic hydroxyl groups is 1. The number of aliphatic imine (C=N–C) groups is 2. The molecule has 8 atom stereocenters. The molecule has 3 aromatic rings. The molecule has 2 heterocycles. The van der Waals surface area contributed by atoms with E-state index in [9.17, 15) is 48.3 Å². The maximum Gasteiger partial charge on any atom is 0.243 e. The summed E-state index contributed by atoms with van der Waals surface area (Å²) in [6.45, 7) is 1.33. The fourth-order valence-electron chi connectivity index (χ4n) is 8.36. The number of aromatic nitrogens is 1. The van der Waals surface area contributed by atoms with Crippen molar-refractivity contribution in [2.45, 2.75) is 132 Å². The quantitative estimate of drug-likeness (QED) is 0.0307. The largest absolute Gasteiger partial charge is 0.376 e. The van der Waals surface area contributed by atoms with E-state index in [4.69, 9.17) is 34.4 Å². The SMILES string of the molecule is CC(=O)NC(CCCN=C(N)N)C(=O)NC1CC(=O)NCCCCC(C(N)=O)NC(=O)C(Cc2c[nH]c3ccccc23)NC(O)C(CCCN=C(N)N)NC(=O)C(Cc2ccccc2)NC(=O)C(CCC(N)=O)NC1=O. The van der Waals surface area contributed by atoms with Crippen molar-refractivity contribution in [2.24, 2.45) is 44.4 Å². The molecular weight excluding hydrogens is 987 g/mol. The molecule has 0 aliphatic carbocycles. The molecule has 27 nitrogen and oxygen atoms in total. The number of H-pyrrole nitrogens is 1. The van der Waals surface area contributed by atoms with Crippen molar-refractivity contribution in [3.05, 3.63) is 71.9 Å². The van der Waals surface area contributed by atoms with Crippen molar-refractivity contribution < 1.29 is 48.3 Å². The van der Waals surface area contributed by atoms with Crippen LogP contribution >= 0.6 is 0 Å². The summed E-state index contributed by atoms with van der Waals surface area (Å²) in [5.74, 6) is -7.91. The molecule has 1 aliphatic heterocycles. The molecule has 0 radical (unpaired) electrons. The molecule has 27 heteroatoms. The molecule has 1 saturated heterocycles. The van der Waals surface area contributed by atoms with Gasteiger partial charge in [-0.1, -0.05) is 48.5 Å². The number of amides is 9. The number of aromatic amines is 1. The number of nitrogens with one attached hydrogen (secondary N) is 9. The second-order valence-corrected chi connectivity index (χ2v) is 18.4. The fourth-order valence-corrected chi connectivity index (χ4v) is 8.36. The van der Waals surface area contributed by atoms with Crippen LogP contribution in [0.4, 0.5) is 0 Å². The fraction of sp³-hybridized carbons (Fsp3) is 0.490. The summed E-state index contributed by atoms with van der Waals surface area (Å²) >= 11 is 0. The monoisotopic (exact) mass is 1060 g/mol. The molecule has 2 aromatic carbocycles. The Balaban J connectivity index is 1.78. The Morgan fingerprint density at radius 2 is 1.38 bits per heavy atom. The first-order valence-corrected chi connectivity index (χ1v) is 25.0. The van der Waals surface area contributed by atoms with Crippen LogP contribution in [0.5, 0.6) is 0 Å². The van der Waals surface area contributed by atoms with Crippen molar-refractivity contribution >= 4 is 76.0 Å². The van der Waals surface area contributed by atoms with E-state index >= 15 is 0 Å². The van der Waals surface area contributed by atoms with E-state index < -0.39 is 121 Å². The van der Waals surface area contributed by atoms with Crippen LogP contribution in [0.2, 0.25) is 0 Å². The van der Waals surface area contributed by atoms with Gasteiger partial charge in [0.1, 0.15) is 36.4 Å². The van der Waals surface area contributed by atoms with Crippen LogP contribution in [-0.2, 0) is 56.0 Å². The second-order valence-electron chi connectivity index (χ2n) is 18.4. The Labute approximate surface area is 439 Å². The van der Waals surface area contributed by atoms with Crippen molar-refractivity contribution in [3.63, 3.8) is 0 Å². The number of guanidine groups is 2. The maximum absolute atomic E-state index is 14.7. The van der Waals surface area contributed by atoms with Gasteiger partial charge >= 0.3 is 0 Å². The summed E-state index contributed by atoms with van der Waals surface area (Å²) in [5.41, 5.74) is 35.3. The van der Waals surface area contributed by atoms with Crippen LogP contribution in [-0.4, -0.2) is 143 Å². The van der Waals surface area contributed by atoms with Crippen LogP contribution in [0, 0.1) is 0 Å². The standard InChI is InChI=1S/C49H73N17O10/c1-27(67)60-33(16-9-21-57-48(52)53)42(71)66-38-25-40(69)56-20-8-7-15-32(41(51)70)61-46(75)37(24-29-26-59-31-14-6-5-13-30(29)31)65-43(72)34(17-10-22-58-49(54)55)62-45(74)36(23-28-11-3-2-4-12-28)64-44(73)35(63-47(38)76)18-19-39(50)68/h2-6,11-14,26,32-38,43,59,65,72H,7-10,15-25H2,1H3,(H2,50,68)(H2,51,70)(H,56,69)(H,60,67)(H,61,75)(H,62,74)(H,63,76)(H,64,73)(H,66,71)(H4,52,53,57)(H4,54,55,58). The predicted molar refractivity (Wildman–Crippen MR) is 281 cm³/mol. The minimum absolute atomic E-state index is 0.00104. The molecule has 4 rings (SSSR count). The summed E-state index contributed by atoms with van der Waals surface area (Å²) in [6, 6.07) is 6.20. The highest BCUT2D eigenvalue weighted by molar-refractivity contribution is 5.98. The first-order valence-electron chi connectivity index (χ1n) is 25.0. The minimum Gasteiger partial charge on any atom is -0.376 e. The van der Waals surface area contributed by atoms with Gasteiger partial charge in [-0.2, -0.15) is 0 Å². The van der Waals surface area contributed by atoms with Crippen LogP contribution in [0.3, 0.4) is 0 Å². The highest BCUT2D eigenvalue weighted by atomic mass is 16.3. The Kier molecular flexibility index (Phi) is 24.4. The number of benzene rings is 2. The van der Waals surface area contributed by atoms with Crippen LogP contribution in [0.15, 0.2) is 70.8 Å². The average molecular weight is 1060 g/mol. The van der Waals surface area contributed by atoms with Crippen molar-refractivity contribution in [1.82, 2.24) is 47.5 Å². The third kappa shape index (κ3) is 20.9. The lowest BCUT2D eigenvalue weighted by Gasteiger charge is -2.31. The van der Waals surface area contributed by atoms with E-state index in [-0.39, 0.29) is 89.3 Å². The number of fused-ring (bicyclic) bond motifs is 1. The zero-order valence-corrected chi connectivity index (χ0v) is 42.5. The van der Waals surface area contributed by atoms with E-state index in [1.54, 1.807) is 36.5 Å². The molecule has 0 saturated carbocycles. The third-order valence-electron chi connectivity index (χ3n) is 12.3. The molecule has 8 unspecified atom stereocenters. The van der Waals surface area contributed by atoms with E-state index in [2.05, 4.69) is 57.5 Å². The molecular formula is C49H73N17O10. The van der Waals surface area contributed by atoms with Gasteiger partial charge in [-0.25, -0.2) is 0 Å². The van der Waals surface area contributed by atoms with Gasteiger partial charge in [0.05, 0.1) is 18.5 Å². The van der Waals surface area contributed by atoms with Crippen LogP contribution < -0.4 is 76.9 Å². The van der Waals surface area contributed by atoms with Gasteiger partial charge in [0.2, 0.25) is 53.2 Å². The van der Waals surface area contributed by atoms with E-state index in [1.165, 1.54) is 6.92 Å². The Hall–Kier alpha value is -8.33. The van der Waals surface area contributed by atoms with E-state index in [1.807, 2.05) is 24.3 Å². The average Bonchev–Trinajstić information content (AvgIpc) is 3.77. The van der Waals surface area contributed by atoms with Gasteiger partial charge in [0.15, 0.2) is 11.9 Å². The number of para-hydroxylation sites is 1. The molecule has 0 spiro atoms. The van der Waals surface area contributed by atoms with E-state index in [0.29, 0.717) is 11.1 Å². The van der Waals surface area contributed by atoms with Crippen molar-refractivity contribution in [1.29, 1.82) is 0 Å². The number of nitrogens with zero attached hydrogens (tertiary/aromatic N) is 2. The number of nitrogens with two attached hydrogens (primary N) is 6. The molecule has 0 bridgehead atoms. The van der Waals surface area contributed by atoms with E-state index in [0.717, 1.165) is 10.9 Å². The Bertz CT molecular complexity index is 2530. The summed E-state index contributed by atoms with van der Waals surface area (Å²) in [4.78, 5) is 133. The third-order valence-corrected chi connectivity index (χ3v) is 12.3. The van der Waals surface area contributed by atoms with Gasteiger partial charge < -0.3 is 81.7 Å². The topological polar surface area (TPSA) is 467 Å². The molecule has 1 fully saturated rings. The number of carbonyl (C=O) groups excluding carboxylic acids is 9. The number of primary amides is 2. The lowest BCUT2D eigenvalue weighted by atomic mass is 10.0. The van der Waals surface area contributed by atoms with Gasteiger partial charge in [0.25, 0.3) is 0 Å². The lowest BCUT2D eigenvalue weighted by molar-refractivity contribution is -0.136. The molecule has 414 valence electrons. The van der Waals surface area contributed by atoms with Gasteiger partial charge in [0, 0.05) is 56.5 Å². The zero-order chi connectivity index (χ0) is 55.7. The van der Waals surface area contributed by atoms with Gasteiger partial charge in [-0.3, -0.25) is 58.5 Å². The molecule has 22 N–H and O–H groups in total. The normalized spacial score (nSPS) is 22.0. The molecule has 9 amide bonds. The summed E-state index contributed by atoms with van der Waals surface area (Å²) < 4.78 is 0. The molecule has 1 aromatic heterocycles. The Morgan fingerprint density at radius 3 is 2.05 bits per heavy atom. The predicted octanol–water partition coefficient (Wildman–Crippen LogP) is -4.29. The summed E-state index contributed by atoms with van der Waals surface area (Å²) in [6.07, 6.45) is -0.785. The highest BCUT2D eigenvalue weighted by Gasteiger charge is 2.35. The second kappa shape index (κ2) is 30.8. The van der Waals surface area contributed by atoms with Crippen LogP contribution in [0.25, 0.3) is 10.9 Å². The zero-order valence-electron chi connectivity index (χ0n) is 42.5. The smallest absolute Gasteiger partial charge is 0.243 e. The van der Waals surface area contributed by atoms with Crippen LogP contribution in [0.1, 0.15) is 82.3 Å². The summed E-state index contributed by atoms with van der Waals surface area (Å²) in [5, 5.41) is 34.1. The number of carbonyl (C=O) groups is 9. The maximum atomic E-state index is 14.7. The van der Waals surface area contributed by atoms with Crippen molar-refractivity contribution in [2.75, 3.05) is 19.6 Å². The molecule has 1 aliphatic rings. The first-order chi connectivity index (χ1) is 36.2. The highest BCUT2D eigenvalue weighted by Crippen LogP contribution is 2.20. The van der Waals surface area contributed by atoms with Gasteiger partial charge in [-0.05, 0) is 75.0 Å². The number of hydrogen-bond donors (Lipinski definition) is 16. The number of hydrogen-bond acceptors (Lipinski definition) is 13. The Morgan fingerprint density at radius 1 is 0.737 bits per heavy atom. The minimum atomic E-state index is -1.70. The summed E-state index contributed by atoms with van der Waals surface area (Å²) in [7, 11) is 0. The number of aliphatic hydroxyl groups excluding tert-OH is 1. The lowest BCUT2D eigenvalue weighted by Crippen LogP contribution is -2.61. The molecule has 76 heavy (non-hydrogen) atoms. The van der Waals surface area contributed by atoms with Gasteiger partial charge in [-0.15, -0.1) is 0 Å². The van der Waals surface area contributed by atoms with Crippen molar-refractivity contribution in [3.8, 4) is 0 Å². The first kappa shape index (κ1) is 60.2.